The number of likely N-dealkylation sites (N-methyl/N-ethyl adjacent to an activating group) is 2. The Labute approximate surface area is 145 Å². The van der Waals surface area contributed by atoms with Gasteiger partial charge in [-0.25, -0.2) is 0 Å². The van der Waals surface area contributed by atoms with Crippen LogP contribution in [0.2, 0.25) is 0 Å². The molecule has 0 unspecified atom stereocenters. The Hall–Kier alpha value is -2.13. The summed E-state index contributed by atoms with van der Waals surface area (Å²) in [5.41, 5.74) is 2.27. The molecule has 2 aromatic rings. The van der Waals surface area contributed by atoms with Crippen LogP contribution >= 0.6 is 0 Å². The van der Waals surface area contributed by atoms with Crippen LogP contribution in [0.5, 0.6) is 0 Å². The molecule has 128 valence electrons. The van der Waals surface area contributed by atoms with Crippen molar-refractivity contribution in [1.29, 1.82) is 0 Å². The summed E-state index contributed by atoms with van der Waals surface area (Å²) in [6.45, 7) is 3.58. The molecule has 0 atom stereocenters. The number of benzene rings is 2. The molecule has 0 bridgehead atoms. The van der Waals surface area contributed by atoms with E-state index in [0.29, 0.717) is 6.54 Å². The maximum atomic E-state index is 12.8. The second-order valence-corrected chi connectivity index (χ2v) is 6.32. The summed E-state index contributed by atoms with van der Waals surface area (Å²) >= 11 is 0. The van der Waals surface area contributed by atoms with E-state index in [9.17, 15) is 4.79 Å². The zero-order valence-corrected chi connectivity index (χ0v) is 15.0. The van der Waals surface area contributed by atoms with E-state index in [1.807, 2.05) is 55.4 Å². The van der Waals surface area contributed by atoms with Crippen molar-refractivity contribution in [2.45, 2.75) is 25.8 Å². The third-order valence-corrected chi connectivity index (χ3v) is 4.31. The van der Waals surface area contributed by atoms with E-state index in [2.05, 4.69) is 36.1 Å². The third-order valence-electron chi connectivity index (χ3n) is 4.31. The molecule has 0 aliphatic rings. The monoisotopic (exact) mass is 324 g/mol. The molecule has 0 aromatic heterocycles. The number of carbonyl (C=O) groups excluding carboxylic acids is 1. The van der Waals surface area contributed by atoms with Gasteiger partial charge >= 0.3 is 0 Å². The van der Waals surface area contributed by atoms with Gasteiger partial charge in [-0.1, -0.05) is 74.0 Å². The van der Waals surface area contributed by atoms with Gasteiger partial charge in [-0.15, -0.1) is 0 Å². The number of amides is 1. The first kappa shape index (κ1) is 18.2. The fourth-order valence-electron chi connectivity index (χ4n) is 2.90. The average molecular weight is 324 g/mol. The van der Waals surface area contributed by atoms with Crippen molar-refractivity contribution in [3.8, 4) is 0 Å². The van der Waals surface area contributed by atoms with Gasteiger partial charge in [0.2, 0.25) is 5.91 Å². The first-order valence-electron chi connectivity index (χ1n) is 8.67. The minimum atomic E-state index is -0.0560. The van der Waals surface area contributed by atoms with Crippen LogP contribution < -0.4 is 0 Å². The topological polar surface area (TPSA) is 23.6 Å². The average Bonchev–Trinajstić information content (AvgIpc) is 2.62. The van der Waals surface area contributed by atoms with E-state index in [1.165, 1.54) is 0 Å². The van der Waals surface area contributed by atoms with Gasteiger partial charge < -0.3 is 4.90 Å². The van der Waals surface area contributed by atoms with E-state index >= 15 is 0 Å². The highest BCUT2D eigenvalue weighted by Crippen LogP contribution is 2.27. The lowest BCUT2D eigenvalue weighted by Crippen LogP contribution is -2.39. The number of unbranched alkanes of at least 4 members (excludes halogenated alkanes) is 1. The summed E-state index contributed by atoms with van der Waals surface area (Å²) < 4.78 is 0. The molecule has 0 saturated carbocycles. The maximum Gasteiger partial charge on any atom is 0.237 e. The van der Waals surface area contributed by atoms with Gasteiger partial charge in [0.05, 0.1) is 12.6 Å². The van der Waals surface area contributed by atoms with Gasteiger partial charge in [0.15, 0.2) is 0 Å². The Bertz CT molecular complexity index is 573. The predicted molar refractivity (Wildman–Crippen MR) is 99.9 cm³/mol. The molecule has 0 fully saturated rings. The molecule has 0 spiro atoms. The predicted octanol–water partition coefficient (Wildman–Crippen LogP) is 3.97. The molecular formula is C21H28N2O. The lowest BCUT2D eigenvalue weighted by atomic mass is 9.97. The maximum absolute atomic E-state index is 12.8. The molecule has 0 saturated heterocycles. The fraction of sp³-hybridized carbons (Fsp3) is 0.381. The molecule has 2 aromatic carbocycles. The van der Waals surface area contributed by atoms with Crippen molar-refractivity contribution in [3.63, 3.8) is 0 Å². The first-order valence-corrected chi connectivity index (χ1v) is 8.67. The Balaban J connectivity index is 2.19. The molecule has 3 heteroatoms. The van der Waals surface area contributed by atoms with Crippen molar-refractivity contribution < 1.29 is 4.79 Å². The lowest BCUT2D eigenvalue weighted by molar-refractivity contribution is -0.132. The van der Waals surface area contributed by atoms with Crippen LogP contribution in [0.1, 0.15) is 36.9 Å². The van der Waals surface area contributed by atoms with E-state index < -0.39 is 0 Å². The Kier molecular flexibility index (Phi) is 7.01. The van der Waals surface area contributed by atoms with Gasteiger partial charge in [0.1, 0.15) is 0 Å². The number of rotatable bonds is 8. The molecule has 3 nitrogen and oxygen atoms in total. The SMILES string of the molecule is CCCCN(C)CC(=O)N(C)C(c1ccccc1)c1ccccc1. The molecule has 0 N–H and O–H groups in total. The molecule has 24 heavy (non-hydrogen) atoms. The van der Waals surface area contributed by atoms with E-state index in [1.54, 1.807) is 0 Å². The molecular weight excluding hydrogens is 296 g/mol. The van der Waals surface area contributed by atoms with Crippen molar-refractivity contribution >= 4 is 5.91 Å². The summed E-state index contributed by atoms with van der Waals surface area (Å²) in [4.78, 5) is 16.8. The minimum absolute atomic E-state index is 0.0560. The smallest absolute Gasteiger partial charge is 0.237 e. The van der Waals surface area contributed by atoms with Crippen LogP contribution in [-0.2, 0) is 4.79 Å². The number of carbonyl (C=O) groups is 1. The highest BCUT2D eigenvalue weighted by molar-refractivity contribution is 5.79. The van der Waals surface area contributed by atoms with E-state index in [0.717, 1.165) is 30.5 Å². The van der Waals surface area contributed by atoms with Gasteiger partial charge in [0, 0.05) is 7.05 Å². The standard InChI is InChI=1S/C21H28N2O/c1-4-5-16-22(2)17-20(24)23(3)21(18-12-8-6-9-13-18)19-14-10-7-11-15-19/h6-15,21H,4-5,16-17H2,1-3H3. The van der Waals surface area contributed by atoms with Crippen molar-refractivity contribution in [1.82, 2.24) is 9.80 Å². The molecule has 0 heterocycles. The summed E-state index contributed by atoms with van der Waals surface area (Å²) in [5.74, 6) is 0.145. The van der Waals surface area contributed by atoms with E-state index in [-0.39, 0.29) is 11.9 Å². The summed E-state index contributed by atoms with van der Waals surface area (Å²) in [5, 5.41) is 0. The second kappa shape index (κ2) is 9.24. The third kappa shape index (κ3) is 4.93. The molecule has 0 aliphatic heterocycles. The highest BCUT2D eigenvalue weighted by Gasteiger charge is 2.23. The Morgan fingerprint density at radius 3 is 1.88 bits per heavy atom. The lowest BCUT2D eigenvalue weighted by Gasteiger charge is -2.30. The largest absolute Gasteiger partial charge is 0.334 e. The van der Waals surface area contributed by atoms with Gasteiger partial charge in [-0.05, 0) is 31.1 Å². The number of hydrogen-bond donors (Lipinski definition) is 0. The van der Waals surface area contributed by atoms with E-state index in [4.69, 9.17) is 0 Å². The minimum Gasteiger partial charge on any atom is -0.334 e. The van der Waals surface area contributed by atoms with Crippen LogP contribution in [0.15, 0.2) is 60.7 Å². The second-order valence-electron chi connectivity index (χ2n) is 6.32. The Morgan fingerprint density at radius 1 is 0.917 bits per heavy atom. The van der Waals surface area contributed by atoms with Crippen molar-refractivity contribution in [2.24, 2.45) is 0 Å². The van der Waals surface area contributed by atoms with Crippen LogP contribution in [0.4, 0.5) is 0 Å². The van der Waals surface area contributed by atoms with Crippen LogP contribution in [0.25, 0.3) is 0 Å². The summed E-state index contributed by atoms with van der Waals surface area (Å²) in [7, 11) is 3.92. The summed E-state index contributed by atoms with van der Waals surface area (Å²) in [6, 6.07) is 20.4. The quantitative estimate of drug-likeness (QED) is 0.733. The van der Waals surface area contributed by atoms with Gasteiger partial charge in [-0.2, -0.15) is 0 Å². The summed E-state index contributed by atoms with van der Waals surface area (Å²) in [6.07, 6.45) is 2.26. The normalized spacial score (nSPS) is 11.0. The zero-order chi connectivity index (χ0) is 17.4. The molecule has 0 aliphatic carbocycles. The number of hydrogen-bond acceptors (Lipinski definition) is 2. The first-order chi connectivity index (χ1) is 11.6. The van der Waals surface area contributed by atoms with Crippen LogP contribution in [0, 0.1) is 0 Å². The Morgan fingerprint density at radius 2 is 1.42 bits per heavy atom. The van der Waals surface area contributed by atoms with Gasteiger partial charge in [-0.3, -0.25) is 9.69 Å². The van der Waals surface area contributed by atoms with Crippen LogP contribution in [0.3, 0.4) is 0 Å². The number of nitrogens with zero attached hydrogens (tertiary/aromatic N) is 2. The zero-order valence-electron chi connectivity index (χ0n) is 15.0. The molecule has 0 radical (unpaired) electrons. The van der Waals surface area contributed by atoms with Crippen molar-refractivity contribution in [2.75, 3.05) is 27.2 Å². The molecule has 1 amide bonds. The highest BCUT2D eigenvalue weighted by atomic mass is 16.2. The van der Waals surface area contributed by atoms with Gasteiger partial charge in [0.25, 0.3) is 0 Å². The molecule has 2 rings (SSSR count). The fourth-order valence-corrected chi connectivity index (χ4v) is 2.90. The van der Waals surface area contributed by atoms with Crippen molar-refractivity contribution in [3.05, 3.63) is 71.8 Å². The van der Waals surface area contributed by atoms with Crippen LogP contribution in [-0.4, -0.2) is 42.9 Å².